The Hall–Kier alpha value is 0.427. The zero-order chi connectivity index (χ0) is 11.6. The van der Waals surface area contributed by atoms with Crippen LogP contribution in [-0.4, -0.2) is 34.0 Å². The number of ether oxygens (including phenoxy) is 2. The molecule has 0 fully saturated rings. The van der Waals surface area contributed by atoms with E-state index in [-0.39, 0.29) is 14.9 Å². The maximum atomic E-state index is 5.85. The lowest BCUT2D eigenvalue weighted by Crippen LogP contribution is -2.42. The minimum Gasteiger partial charge on any atom is -0.355 e. The van der Waals surface area contributed by atoms with Gasteiger partial charge in [-0.05, 0) is 26.7 Å². The molecular formula is C11H25ClO2Si. The Labute approximate surface area is 101 Å². The van der Waals surface area contributed by atoms with E-state index in [0.29, 0.717) is 0 Å². The average Bonchev–Trinajstić information content (AvgIpc) is 2.19. The van der Waals surface area contributed by atoms with E-state index < -0.39 is 0 Å². The molecule has 0 amide bonds. The molecule has 0 atom stereocenters. The van der Waals surface area contributed by atoms with Crippen LogP contribution in [0.1, 0.15) is 40.0 Å². The maximum Gasteiger partial charge on any atom is 0.144 e. The molecule has 0 heterocycles. The molecule has 0 aliphatic carbocycles. The van der Waals surface area contributed by atoms with Gasteiger partial charge in [0.15, 0.2) is 0 Å². The Morgan fingerprint density at radius 2 is 1.73 bits per heavy atom. The molecule has 0 bridgehead atoms. The SMILES string of the molecule is CCCC(OCC)(OCC)[SiH2]CCCCl. The summed E-state index contributed by atoms with van der Waals surface area (Å²) in [5.41, 5.74) is -0.218. The van der Waals surface area contributed by atoms with Crippen molar-refractivity contribution in [3.63, 3.8) is 0 Å². The van der Waals surface area contributed by atoms with Crippen molar-refractivity contribution in [3.8, 4) is 0 Å². The van der Waals surface area contributed by atoms with Gasteiger partial charge in [-0.25, -0.2) is 0 Å². The van der Waals surface area contributed by atoms with Gasteiger partial charge in [-0.2, -0.15) is 0 Å². The molecule has 92 valence electrons. The van der Waals surface area contributed by atoms with Crippen molar-refractivity contribution >= 4 is 21.1 Å². The van der Waals surface area contributed by atoms with Crippen molar-refractivity contribution in [1.29, 1.82) is 0 Å². The molecule has 0 aromatic rings. The summed E-state index contributed by atoms with van der Waals surface area (Å²) in [7, 11) is -0.354. The zero-order valence-corrected chi connectivity index (χ0v) is 12.5. The second kappa shape index (κ2) is 9.64. The van der Waals surface area contributed by atoms with Crippen LogP contribution in [-0.2, 0) is 9.47 Å². The highest BCUT2D eigenvalue weighted by Gasteiger charge is 2.29. The number of hydrogen-bond acceptors (Lipinski definition) is 2. The molecule has 0 spiro atoms. The Morgan fingerprint density at radius 1 is 1.13 bits per heavy atom. The van der Waals surface area contributed by atoms with Crippen LogP contribution in [0.25, 0.3) is 0 Å². The summed E-state index contributed by atoms with van der Waals surface area (Å²) in [5, 5.41) is 0. The number of hydrogen-bond donors (Lipinski definition) is 0. The van der Waals surface area contributed by atoms with Gasteiger partial charge in [-0.1, -0.05) is 19.4 Å². The number of halogens is 1. The Kier molecular flexibility index (Phi) is 9.91. The molecule has 0 unspecified atom stereocenters. The first kappa shape index (κ1) is 15.4. The molecule has 0 aromatic carbocycles. The normalized spacial score (nSPS) is 12.8. The molecule has 0 aromatic heterocycles. The van der Waals surface area contributed by atoms with E-state index in [4.69, 9.17) is 21.1 Å². The fraction of sp³-hybridized carbons (Fsp3) is 1.00. The van der Waals surface area contributed by atoms with Crippen molar-refractivity contribution in [2.45, 2.75) is 51.5 Å². The molecule has 2 nitrogen and oxygen atoms in total. The zero-order valence-electron chi connectivity index (χ0n) is 10.4. The summed E-state index contributed by atoms with van der Waals surface area (Å²) in [6, 6.07) is 1.21. The van der Waals surface area contributed by atoms with E-state index in [1.165, 1.54) is 6.04 Å². The van der Waals surface area contributed by atoms with E-state index in [1.807, 2.05) is 13.8 Å². The van der Waals surface area contributed by atoms with Gasteiger partial charge in [0.25, 0.3) is 0 Å². The van der Waals surface area contributed by atoms with Crippen LogP contribution in [0.5, 0.6) is 0 Å². The summed E-state index contributed by atoms with van der Waals surface area (Å²) >= 11 is 5.70. The quantitative estimate of drug-likeness (QED) is 0.258. The summed E-state index contributed by atoms with van der Waals surface area (Å²) in [5.74, 6) is 0.757. The predicted octanol–water partition coefficient (Wildman–Crippen LogP) is 2.73. The van der Waals surface area contributed by atoms with Crippen molar-refractivity contribution in [3.05, 3.63) is 0 Å². The highest BCUT2D eigenvalue weighted by molar-refractivity contribution is 6.39. The first-order valence-corrected chi connectivity index (χ1v) is 8.32. The highest BCUT2D eigenvalue weighted by Crippen LogP contribution is 2.21. The lowest BCUT2D eigenvalue weighted by molar-refractivity contribution is -0.179. The molecule has 0 aliphatic rings. The fourth-order valence-corrected chi connectivity index (χ4v) is 4.70. The molecular weight excluding hydrogens is 228 g/mol. The molecule has 0 N–H and O–H groups in total. The third-order valence-electron chi connectivity index (χ3n) is 2.39. The molecule has 0 radical (unpaired) electrons. The molecule has 0 aliphatic heterocycles. The number of rotatable bonds is 10. The van der Waals surface area contributed by atoms with Crippen LogP contribution in [0, 0.1) is 0 Å². The Balaban J connectivity index is 4.18. The lowest BCUT2D eigenvalue weighted by Gasteiger charge is -2.33. The van der Waals surface area contributed by atoms with E-state index in [9.17, 15) is 0 Å². The smallest absolute Gasteiger partial charge is 0.144 e. The van der Waals surface area contributed by atoms with Gasteiger partial charge in [0.1, 0.15) is 5.41 Å². The van der Waals surface area contributed by atoms with Crippen LogP contribution in [0.4, 0.5) is 0 Å². The molecule has 0 saturated heterocycles. The van der Waals surface area contributed by atoms with Gasteiger partial charge in [0.05, 0.1) is 9.52 Å². The minimum atomic E-state index is -0.354. The van der Waals surface area contributed by atoms with Gasteiger partial charge in [-0.15, -0.1) is 11.6 Å². The van der Waals surface area contributed by atoms with E-state index >= 15 is 0 Å². The highest BCUT2D eigenvalue weighted by atomic mass is 35.5. The second-order valence-corrected chi connectivity index (χ2v) is 6.34. The number of alkyl halides is 1. The third-order valence-corrected chi connectivity index (χ3v) is 5.03. The van der Waals surface area contributed by atoms with E-state index in [0.717, 1.165) is 38.4 Å². The van der Waals surface area contributed by atoms with Gasteiger partial charge in [0, 0.05) is 19.1 Å². The third kappa shape index (κ3) is 6.56. The van der Waals surface area contributed by atoms with E-state index in [1.54, 1.807) is 0 Å². The standard InChI is InChI=1S/C11H25ClO2Si/c1-4-8-11(13-5-2,14-6-3)15-10-7-9-12/h4-10,15H2,1-3H3. The summed E-state index contributed by atoms with van der Waals surface area (Å²) in [6.07, 6.45) is 3.25. The summed E-state index contributed by atoms with van der Waals surface area (Å²) in [6.45, 7) is 7.75. The van der Waals surface area contributed by atoms with Crippen molar-refractivity contribution in [2.24, 2.45) is 0 Å². The van der Waals surface area contributed by atoms with Crippen LogP contribution in [0.2, 0.25) is 6.04 Å². The monoisotopic (exact) mass is 252 g/mol. The van der Waals surface area contributed by atoms with Crippen molar-refractivity contribution in [1.82, 2.24) is 0 Å². The molecule has 4 heteroatoms. The fourth-order valence-electron chi connectivity index (χ4n) is 1.85. The Bertz CT molecular complexity index is 128. The first-order chi connectivity index (χ1) is 7.24. The van der Waals surface area contributed by atoms with Gasteiger partial charge < -0.3 is 9.47 Å². The second-order valence-electron chi connectivity index (χ2n) is 3.67. The molecule has 0 saturated carbocycles. The van der Waals surface area contributed by atoms with Crippen LogP contribution in [0.15, 0.2) is 0 Å². The molecule has 15 heavy (non-hydrogen) atoms. The average molecular weight is 253 g/mol. The first-order valence-electron chi connectivity index (χ1n) is 6.08. The van der Waals surface area contributed by atoms with Gasteiger partial charge in [0.2, 0.25) is 0 Å². The maximum absolute atomic E-state index is 5.85. The molecule has 0 rings (SSSR count). The Morgan fingerprint density at radius 3 is 2.13 bits per heavy atom. The van der Waals surface area contributed by atoms with Crippen LogP contribution >= 0.6 is 11.6 Å². The van der Waals surface area contributed by atoms with Crippen LogP contribution < -0.4 is 0 Å². The lowest BCUT2D eigenvalue weighted by atomic mass is 10.3. The predicted molar refractivity (Wildman–Crippen MR) is 69.6 cm³/mol. The van der Waals surface area contributed by atoms with Gasteiger partial charge in [-0.3, -0.25) is 0 Å². The van der Waals surface area contributed by atoms with E-state index in [2.05, 4.69) is 6.92 Å². The largest absolute Gasteiger partial charge is 0.355 e. The van der Waals surface area contributed by atoms with Crippen molar-refractivity contribution < 1.29 is 9.47 Å². The summed E-state index contributed by atoms with van der Waals surface area (Å²) < 4.78 is 11.7. The minimum absolute atomic E-state index is 0.218. The van der Waals surface area contributed by atoms with Gasteiger partial charge >= 0.3 is 0 Å². The van der Waals surface area contributed by atoms with Crippen LogP contribution in [0.3, 0.4) is 0 Å². The van der Waals surface area contributed by atoms with Crippen molar-refractivity contribution in [2.75, 3.05) is 19.1 Å². The summed E-state index contributed by atoms with van der Waals surface area (Å²) in [4.78, 5) is 0. The topological polar surface area (TPSA) is 18.5 Å².